The van der Waals surface area contributed by atoms with Crippen LogP contribution in [0.3, 0.4) is 0 Å². The Kier molecular flexibility index (Phi) is 3.49. The van der Waals surface area contributed by atoms with Gasteiger partial charge in [-0.2, -0.15) is 0 Å². The predicted molar refractivity (Wildman–Crippen MR) is 52.5 cm³/mol. The number of benzene rings is 1. The monoisotopic (exact) mass is 211 g/mol. The minimum Gasteiger partial charge on any atom is -0.366 e. The van der Waals surface area contributed by atoms with Crippen molar-refractivity contribution in [2.24, 2.45) is 5.73 Å². The van der Waals surface area contributed by atoms with Gasteiger partial charge in [-0.05, 0) is 18.2 Å². The Morgan fingerprint density at radius 3 is 2.86 bits per heavy atom. The Hall–Kier alpha value is -1.53. The lowest BCUT2D eigenvalue weighted by Gasteiger charge is -1.99. The number of primary amides is 1. The largest absolute Gasteiger partial charge is 0.366 e. The van der Waals surface area contributed by atoms with Crippen LogP contribution >= 0.6 is 11.6 Å². The van der Waals surface area contributed by atoms with Crippen LogP contribution in [-0.4, -0.2) is 11.8 Å². The highest BCUT2D eigenvalue weighted by Gasteiger charge is 2.06. The maximum Gasteiger partial charge on any atom is 0.249 e. The van der Waals surface area contributed by atoms with Crippen LogP contribution in [-0.2, 0) is 0 Å². The molecule has 0 fully saturated rings. The van der Waals surface area contributed by atoms with E-state index in [4.69, 9.17) is 17.3 Å². The van der Waals surface area contributed by atoms with E-state index in [9.17, 15) is 9.18 Å². The normalized spacial score (nSPS) is 9.00. The zero-order chi connectivity index (χ0) is 10.6. The van der Waals surface area contributed by atoms with Crippen LogP contribution in [0.2, 0.25) is 0 Å². The first-order valence-electron chi connectivity index (χ1n) is 3.79. The van der Waals surface area contributed by atoms with E-state index in [1.54, 1.807) is 0 Å². The van der Waals surface area contributed by atoms with Gasteiger partial charge in [-0.15, -0.1) is 11.6 Å². The average Bonchev–Trinajstić information content (AvgIpc) is 2.14. The molecule has 0 heterocycles. The summed E-state index contributed by atoms with van der Waals surface area (Å²) in [6.45, 7) is 0. The van der Waals surface area contributed by atoms with Crippen LogP contribution in [0, 0.1) is 17.7 Å². The predicted octanol–water partition coefficient (Wildman–Crippen LogP) is 1.51. The second kappa shape index (κ2) is 4.64. The van der Waals surface area contributed by atoms with E-state index in [2.05, 4.69) is 11.8 Å². The lowest BCUT2D eigenvalue weighted by molar-refractivity contribution is 0.1000. The summed E-state index contributed by atoms with van der Waals surface area (Å²) in [7, 11) is 0. The number of alkyl halides is 1. The highest BCUT2D eigenvalue weighted by atomic mass is 35.5. The molecule has 4 heteroatoms. The van der Waals surface area contributed by atoms with Gasteiger partial charge in [0.2, 0.25) is 5.91 Å². The molecule has 72 valence electrons. The van der Waals surface area contributed by atoms with Crippen molar-refractivity contribution in [2.75, 3.05) is 5.88 Å². The Balaban J connectivity index is 3.22. The summed E-state index contributed by atoms with van der Waals surface area (Å²) < 4.78 is 12.8. The molecule has 0 aliphatic carbocycles. The van der Waals surface area contributed by atoms with Gasteiger partial charge >= 0.3 is 0 Å². The van der Waals surface area contributed by atoms with E-state index in [1.807, 2.05) is 0 Å². The Bertz CT molecular complexity index is 420. The zero-order valence-electron chi connectivity index (χ0n) is 7.18. The molecule has 14 heavy (non-hydrogen) atoms. The van der Waals surface area contributed by atoms with Crippen molar-refractivity contribution in [3.05, 3.63) is 35.1 Å². The molecule has 0 spiro atoms. The molecule has 1 aromatic carbocycles. The quantitative estimate of drug-likeness (QED) is 0.556. The summed E-state index contributed by atoms with van der Waals surface area (Å²) in [6.07, 6.45) is 0. The van der Waals surface area contributed by atoms with Crippen molar-refractivity contribution in [3.63, 3.8) is 0 Å². The van der Waals surface area contributed by atoms with Crippen LogP contribution in [0.15, 0.2) is 18.2 Å². The molecular formula is C10H7ClFNO. The van der Waals surface area contributed by atoms with Crippen LogP contribution in [0.25, 0.3) is 0 Å². The molecule has 0 radical (unpaired) electrons. The SMILES string of the molecule is NC(=O)c1ccc(F)cc1C#CCCl. The van der Waals surface area contributed by atoms with E-state index in [1.165, 1.54) is 6.07 Å². The molecule has 2 N–H and O–H groups in total. The van der Waals surface area contributed by atoms with Gasteiger partial charge in [0.05, 0.1) is 11.4 Å². The lowest BCUT2D eigenvalue weighted by Crippen LogP contribution is -2.12. The number of carbonyl (C=O) groups is 1. The zero-order valence-corrected chi connectivity index (χ0v) is 7.94. The molecular weight excluding hydrogens is 205 g/mol. The van der Waals surface area contributed by atoms with Crippen molar-refractivity contribution < 1.29 is 9.18 Å². The van der Waals surface area contributed by atoms with E-state index in [0.717, 1.165) is 12.1 Å². The van der Waals surface area contributed by atoms with Gasteiger partial charge in [-0.25, -0.2) is 4.39 Å². The van der Waals surface area contributed by atoms with Crippen LogP contribution in [0.4, 0.5) is 4.39 Å². The van der Waals surface area contributed by atoms with Gasteiger partial charge in [-0.1, -0.05) is 11.8 Å². The maximum atomic E-state index is 12.8. The summed E-state index contributed by atoms with van der Waals surface area (Å²) >= 11 is 5.34. The van der Waals surface area contributed by atoms with Crippen molar-refractivity contribution in [3.8, 4) is 11.8 Å². The standard InChI is InChI=1S/C10H7ClFNO/c11-5-1-2-7-6-8(12)3-4-9(7)10(13)14/h3-4,6H,5H2,(H2,13,14). The van der Waals surface area contributed by atoms with Gasteiger partial charge in [0.1, 0.15) is 5.82 Å². The first kappa shape index (κ1) is 10.6. The molecule has 0 saturated heterocycles. The minimum atomic E-state index is -0.635. The van der Waals surface area contributed by atoms with Gasteiger partial charge in [-0.3, -0.25) is 4.79 Å². The highest BCUT2D eigenvalue weighted by molar-refractivity contribution is 6.19. The Morgan fingerprint density at radius 1 is 1.57 bits per heavy atom. The van der Waals surface area contributed by atoms with Gasteiger partial charge in [0, 0.05) is 5.56 Å². The summed E-state index contributed by atoms with van der Waals surface area (Å²) in [5.74, 6) is 4.11. The second-order valence-electron chi connectivity index (χ2n) is 2.49. The molecule has 1 amide bonds. The molecule has 0 aromatic heterocycles. The first-order chi connectivity index (χ1) is 6.65. The molecule has 1 aromatic rings. The van der Waals surface area contributed by atoms with Crippen LogP contribution < -0.4 is 5.73 Å². The summed E-state index contributed by atoms with van der Waals surface area (Å²) in [5, 5.41) is 0. The van der Waals surface area contributed by atoms with E-state index in [0.29, 0.717) is 0 Å². The fourth-order valence-corrected chi connectivity index (χ4v) is 1.03. The third-order valence-electron chi connectivity index (χ3n) is 1.54. The van der Waals surface area contributed by atoms with Crippen LogP contribution in [0.5, 0.6) is 0 Å². The highest BCUT2D eigenvalue weighted by Crippen LogP contribution is 2.09. The molecule has 0 saturated carbocycles. The second-order valence-corrected chi connectivity index (χ2v) is 2.76. The van der Waals surface area contributed by atoms with Crippen molar-refractivity contribution >= 4 is 17.5 Å². The number of halogens is 2. The first-order valence-corrected chi connectivity index (χ1v) is 4.33. The van der Waals surface area contributed by atoms with Crippen LogP contribution in [0.1, 0.15) is 15.9 Å². The minimum absolute atomic E-state index is 0.120. The fraction of sp³-hybridized carbons (Fsp3) is 0.100. The number of rotatable bonds is 1. The number of nitrogens with two attached hydrogens (primary N) is 1. The average molecular weight is 212 g/mol. The number of hydrogen-bond acceptors (Lipinski definition) is 1. The smallest absolute Gasteiger partial charge is 0.249 e. The van der Waals surface area contributed by atoms with Crippen molar-refractivity contribution in [1.82, 2.24) is 0 Å². The van der Waals surface area contributed by atoms with Crippen molar-refractivity contribution in [2.45, 2.75) is 0 Å². The molecule has 0 unspecified atom stereocenters. The maximum absolute atomic E-state index is 12.8. The Labute approximate surface area is 85.9 Å². The summed E-state index contributed by atoms with van der Waals surface area (Å²) in [4.78, 5) is 10.9. The molecule has 0 bridgehead atoms. The van der Waals surface area contributed by atoms with Gasteiger partial charge in [0.25, 0.3) is 0 Å². The Morgan fingerprint density at radius 2 is 2.29 bits per heavy atom. The summed E-state index contributed by atoms with van der Waals surface area (Å²) in [5.41, 5.74) is 5.53. The molecule has 0 aliphatic rings. The van der Waals surface area contributed by atoms with E-state index in [-0.39, 0.29) is 17.0 Å². The molecule has 1 rings (SSSR count). The van der Waals surface area contributed by atoms with Gasteiger partial charge < -0.3 is 5.73 Å². The lowest BCUT2D eigenvalue weighted by atomic mass is 10.1. The summed E-state index contributed by atoms with van der Waals surface area (Å²) in [6, 6.07) is 3.61. The molecule has 0 atom stereocenters. The fourth-order valence-electron chi connectivity index (χ4n) is 0.963. The molecule has 2 nitrogen and oxygen atoms in total. The topological polar surface area (TPSA) is 43.1 Å². The van der Waals surface area contributed by atoms with E-state index < -0.39 is 11.7 Å². The third kappa shape index (κ3) is 2.48. The van der Waals surface area contributed by atoms with E-state index >= 15 is 0 Å². The third-order valence-corrected chi connectivity index (χ3v) is 1.67. The number of amides is 1. The molecule has 0 aliphatic heterocycles. The van der Waals surface area contributed by atoms with Gasteiger partial charge in [0.15, 0.2) is 0 Å². The number of hydrogen-bond donors (Lipinski definition) is 1. The number of carbonyl (C=O) groups excluding carboxylic acids is 1. The van der Waals surface area contributed by atoms with Crippen molar-refractivity contribution in [1.29, 1.82) is 0 Å².